The largest absolute Gasteiger partial charge is 0.460 e. The van der Waals surface area contributed by atoms with Crippen molar-refractivity contribution < 1.29 is 57.1 Å². The molecule has 2 radical (unpaired) electrons. The molecule has 3 unspecified atom stereocenters. The fourth-order valence-corrected chi connectivity index (χ4v) is 3.58. The third-order valence-electron chi connectivity index (χ3n) is 5.35. The fraction of sp³-hybridized carbons (Fsp3) is 0.882. The molecular formula is C17H19F13. The molecule has 0 aromatic rings. The molecule has 0 aromatic carbocycles. The molecule has 0 spiro atoms. The zero-order chi connectivity index (χ0) is 24.0. The van der Waals surface area contributed by atoms with Gasteiger partial charge in [0.25, 0.3) is 0 Å². The lowest BCUT2D eigenvalue weighted by Crippen LogP contribution is -2.71. The maximum Gasteiger partial charge on any atom is 0.460 e. The molecule has 1 aliphatic carbocycles. The summed E-state index contributed by atoms with van der Waals surface area (Å²) >= 11 is 0. The summed E-state index contributed by atoms with van der Waals surface area (Å²) in [6.45, 7) is 4.79. The molecule has 0 N–H and O–H groups in total. The summed E-state index contributed by atoms with van der Waals surface area (Å²) in [7, 11) is 0. The average Bonchev–Trinajstić information content (AvgIpc) is 3.01. The Morgan fingerprint density at radius 3 is 1.63 bits per heavy atom. The summed E-state index contributed by atoms with van der Waals surface area (Å²) in [5, 5.41) is 0. The van der Waals surface area contributed by atoms with Gasteiger partial charge in [0.05, 0.1) is 0 Å². The van der Waals surface area contributed by atoms with Crippen LogP contribution in [0.15, 0.2) is 0 Å². The lowest BCUT2D eigenvalue weighted by Gasteiger charge is -2.43. The molecule has 0 aromatic heterocycles. The lowest BCUT2D eigenvalue weighted by atomic mass is 9.76. The first-order valence-electron chi connectivity index (χ1n) is 8.84. The molecule has 1 aliphatic rings. The molecule has 0 nitrogen and oxygen atoms in total. The van der Waals surface area contributed by atoms with E-state index in [0.717, 1.165) is 6.42 Å². The second-order valence-corrected chi connectivity index (χ2v) is 7.27. The number of hydrogen-bond donors (Lipinski definition) is 0. The summed E-state index contributed by atoms with van der Waals surface area (Å²) in [5.41, 5.74) is 0. The summed E-state index contributed by atoms with van der Waals surface area (Å²) in [5.74, 6) is -42.2. The van der Waals surface area contributed by atoms with Crippen LogP contribution in [0.4, 0.5) is 57.1 Å². The van der Waals surface area contributed by atoms with E-state index in [4.69, 9.17) is 0 Å². The van der Waals surface area contributed by atoms with Crippen LogP contribution in [-0.4, -0.2) is 35.8 Å². The van der Waals surface area contributed by atoms with Gasteiger partial charge in [-0.3, -0.25) is 0 Å². The molecule has 3 atom stereocenters. The molecule has 13 heteroatoms. The lowest BCUT2D eigenvalue weighted by molar-refractivity contribution is -0.444. The predicted octanol–water partition coefficient (Wildman–Crippen LogP) is 7.60. The van der Waals surface area contributed by atoms with Crippen molar-refractivity contribution in [3.05, 3.63) is 13.3 Å². The van der Waals surface area contributed by atoms with Crippen molar-refractivity contribution in [2.45, 2.75) is 74.8 Å². The molecule has 0 saturated heterocycles. The van der Waals surface area contributed by atoms with Gasteiger partial charge in [0, 0.05) is 5.92 Å². The Morgan fingerprint density at radius 2 is 1.23 bits per heavy atom. The van der Waals surface area contributed by atoms with Crippen LogP contribution in [0.5, 0.6) is 0 Å². The van der Waals surface area contributed by atoms with Crippen molar-refractivity contribution in [1.29, 1.82) is 0 Å². The molecule has 0 aliphatic heterocycles. The number of halogens is 13. The summed E-state index contributed by atoms with van der Waals surface area (Å²) in [6.07, 6.45) is -6.79. The van der Waals surface area contributed by atoms with Crippen LogP contribution in [0.3, 0.4) is 0 Å². The van der Waals surface area contributed by atoms with Crippen LogP contribution in [0.25, 0.3) is 0 Å². The van der Waals surface area contributed by atoms with E-state index in [-0.39, 0.29) is 19.3 Å². The summed E-state index contributed by atoms with van der Waals surface area (Å²) in [4.78, 5) is 0. The highest BCUT2D eigenvalue weighted by atomic mass is 19.4. The van der Waals surface area contributed by atoms with E-state index in [1.165, 1.54) is 0 Å². The topological polar surface area (TPSA) is 0 Å². The molecule has 1 fully saturated rings. The van der Waals surface area contributed by atoms with Gasteiger partial charge in [-0.1, -0.05) is 26.7 Å². The van der Waals surface area contributed by atoms with Gasteiger partial charge in [0.15, 0.2) is 0 Å². The van der Waals surface area contributed by atoms with Crippen molar-refractivity contribution in [1.82, 2.24) is 0 Å². The van der Waals surface area contributed by atoms with Gasteiger partial charge >= 0.3 is 35.8 Å². The highest BCUT2D eigenvalue weighted by molar-refractivity contribution is 5.14. The van der Waals surface area contributed by atoms with E-state index in [2.05, 4.69) is 6.92 Å². The standard InChI is InChI=1S/C17H19F13/c1-3-5-6-10-8-7-9(4-2)11(10)12(18,19)13(20,21)14(22,23)15(24,25)16(26,27)17(28,29)30/h8-11H,2-7H2,1H3. The molecule has 0 amide bonds. The Hall–Kier alpha value is -0.910. The van der Waals surface area contributed by atoms with E-state index >= 15 is 0 Å². The molecule has 0 heterocycles. The van der Waals surface area contributed by atoms with E-state index in [1.54, 1.807) is 6.92 Å². The van der Waals surface area contributed by atoms with E-state index in [9.17, 15) is 57.1 Å². The number of rotatable bonds is 9. The number of alkyl halides is 13. The van der Waals surface area contributed by atoms with Crippen LogP contribution < -0.4 is 0 Å². The molecule has 0 bridgehead atoms. The van der Waals surface area contributed by atoms with Crippen molar-refractivity contribution in [3.8, 4) is 0 Å². The second kappa shape index (κ2) is 8.22. The highest BCUT2D eigenvalue weighted by Gasteiger charge is 2.91. The minimum Gasteiger partial charge on any atom is -0.199 e. The van der Waals surface area contributed by atoms with Gasteiger partial charge in [-0.25, -0.2) is 0 Å². The first kappa shape index (κ1) is 27.1. The van der Waals surface area contributed by atoms with Crippen molar-refractivity contribution in [2.75, 3.05) is 0 Å². The van der Waals surface area contributed by atoms with E-state index < -0.39 is 60.0 Å². The second-order valence-electron chi connectivity index (χ2n) is 7.27. The smallest absolute Gasteiger partial charge is 0.199 e. The third kappa shape index (κ3) is 3.86. The molecule has 178 valence electrons. The first-order valence-corrected chi connectivity index (χ1v) is 8.84. The van der Waals surface area contributed by atoms with Crippen LogP contribution in [0.1, 0.15) is 39.0 Å². The maximum atomic E-state index is 14.6. The maximum absolute atomic E-state index is 14.6. The Morgan fingerprint density at radius 1 is 0.767 bits per heavy atom. The zero-order valence-corrected chi connectivity index (χ0v) is 15.5. The average molecular weight is 470 g/mol. The summed E-state index contributed by atoms with van der Waals surface area (Å²) in [6, 6.07) is 0. The zero-order valence-electron chi connectivity index (χ0n) is 15.5. The number of unbranched alkanes of at least 4 members (excludes halogenated alkanes) is 1. The minimum atomic E-state index is -7.85. The quantitative estimate of drug-likeness (QED) is 0.305. The van der Waals surface area contributed by atoms with Crippen LogP contribution >= 0.6 is 0 Å². The third-order valence-corrected chi connectivity index (χ3v) is 5.35. The Kier molecular flexibility index (Phi) is 7.43. The Bertz CT molecular complexity index is 579. The van der Waals surface area contributed by atoms with Gasteiger partial charge in [-0.2, -0.15) is 57.1 Å². The number of hydrogen-bond acceptors (Lipinski definition) is 0. The van der Waals surface area contributed by atoms with Gasteiger partial charge in [-0.15, -0.1) is 0 Å². The van der Waals surface area contributed by atoms with Gasteiger partial charge < -0.3 is 0 Å². The molecule has 30 heavy (non-hydrogen) atoms. The monoisotopic (exact) mass is 470 g/mol. The van der Waals surface area contributed by atoms with Crippen molar-refractivity contribution in [3.63, 3.8) is 0 Å². The van der Waals surface area contributed by atoms with Crippen LogP contribution in [-0.2, 0) is 0 Å². The van der Waals surface area contributed by atoms with Gasteiger partial charge in [0.2, 0.25) is 0 Å². The highest BCUT2D eigenvalue weighted by Crippen LogP contribution is 2.63. The summed E-state index contributed by atoms with van der Waals surface area (Å²) < 4.78 is 174. The Balaban J connectivity index is 3.50. The fourth-order valence-electron chi connectivity index (χ4n) is 3.58. The molecule has 1 saturated carbocycles. The van der Waals surface area contributed by atoms with E-state index in [0.29, 0.717) is 6.42 Å². The minimum absolute atomic E-state index is 0.169. The predicted molar refractivity (Wildman–Crippen MR) is 79.7 cm³/mol. The first-order chi connectivity index (χ1) is 13.3. The molecular weight excluding hydrogens is 451 g/mol. The van der Waals surface area contributed by atoms with E-state index in [1.807, 2.05) is 0 Å². The van der Waals surface area contributed by atoms with Crippen molar-refractivity contribution >= 4 is 0 Å². The van der Waals surface area contributed by atoms with Crippen molar-refractivity contribution in [2.24, 2.45) is 17.8 Å². The molecule has 1 rings (SSSR count). The van der Waals surface area contributed by atoms with Gasteiger partial charge in [0.1, 0.15) is 0 Å². The van der Waals surface area contributed by atoms with Crippen LogP contribution in [0.2, 0.25) is 0 Å². The Labute approximate surface area is 164 Å². The SMILES string of the molecule is [CH2]CC1C[CH]C(CCCC)C1C(F)(F)C(F)(F)C(F)(F)C(F)(F)C(F)(F)C(F)(F)F. The van der Waals surface area contributed by atoms with Gasteiger partial charge in [-0.05, 0) is 37.5 Å². The normalized spacial score (nSPS) is 25.1. The van der Waals surface area contributed by atoms with Crippen LogP contribution in [0, 0.1) is 31.1 Å².